The Morgan fingerprint density at radius 3 is 2.88 bits per heavy atom. The Labute approximate surface area is 102 Å². The molecule has 1 aromatic carbocycles. The summed E-state index contributed by atoms with van der Waals surface area (Å²) in [7, 11) is 0. The molecule has 1 aromatic heterocycles. The zero-order valence-corrected chi connectivity index (χ0v) is 10.2. The molecule has 0 spiro atoms. The van der Waals surface area contributed by atoms with Crippen LogP contribution in [-0.2, 0) is 17.9 Å². The lowest BCUT2D eigenvalue weighted by atomic mass is 10.1. The van der Waals surface area contributed by atoms with Gasteiger partial charge in [0.2, 0.25) is 0 Å². The molecule has 3 nitrogen and oxygen atoms in total. The minimum Gasteiger partial charge on any atom is -0.458 e. The van der Waals surface area contributed by atoms with Crippen LogP contribution in [0.15, 0.2) is 28.7 Å². The minimum atomic E-state index is 0.490. The van der Waals surface area contributed by atoms with Crippen LogP contribution in [0.2, 0.25) is 0 Å². The van der Waals surface area contributed by atoms with Gasteiger partial charge in [0.1, 0.15) is 18.0 Å². The quantitative estimate of drug-likeness (QED) is 0.779. The molecule has 2 rings (SSSR count). The normalized spacial score (nSPS) is 11.2. The summed E-state index contributed by atoms with van der Waals surface area (Å²) in [6.07, 6.45) is 2.22. The van der Waals surface area contributed by atoms with Gasteiger partial charge in [-0.2, -0.15) is 0 Å². The fourth-order valence-electron chi connectivity index (χ4n) is 1.90. The molecule has 0 aliphatic rings. The summed E-state index contributed by atoms with van der Waals surface area (Å²) in [5.74, 6) is 0.866. The van der Waals surface area contributed by atoms with Crippen LogP contribution >= 0.6 is 0 Å². The van der Waals surface area contributed by atoms with Crippen LogP contribution in [0.25, 0.3) is 11.0 Å². The van der Waals surface area contributed by atoms with Gasteiger partial charge in [0, 0.05) is 24.1 Å². The molecule has 3 heteroatoms. The predicted octanol–water partition coefficient (Wildman–Crippen LogP) is 3.21. The van der Waals surface area contributed by atoms with E-state index in [9.17, 15) is 0 Å². The third-order valence-electron chi connectivity index (χ3n) is 2.86. The molecule has 0 fully saturated rings. The highest BCUT2D eigenvalue weighted by Crippen LogP contribution is 2.25. The molecule has 0 saturated carbocycles. The molecule has 0 saturated heterocycles. The SMILES string of the molecule is CCCCOCc1oc2ccccc2c1CN. The molecule has 0 unspecified atom stereocenters. The van der Waals surface area contributed by atoms with Crippen molar-refractivity contribution in [3.8, 4) is 0 Å². The van der Waals surface area contributed by atoms with Crippen molar-refractivity contribution in [3.05, 3.63) is 35.6 Å². The first-order chi connectivity index (χ1) is 8.36. The molecule has 17 heavy (non-hydrogen) atoms. The first-order valence-electron chi connectivity index (χ1n) is 6.14. The summed E-state index contributed by atoms with van der Waals surface area (Å²) in [4.78, 5) is 0. The van der Waals surface area contributed by atoms with Crippen LogP contribution in [0.1, 0.15) is 31.1 Å². The van der Waals surface area contributed by atoms with E-state index in [1.165, 1.54) is 0 Å². The van der Waals surface area contributed by atoms with Gasteiger partial charge < -0.3 is 14.9 Å². The largest absolute Gasteiger partial charge is 0.458 e. The Morgan fingerprint density at radius 2 is 2.12 bits per heavy atom. The Kier molecular flexibility index (Phi) is 4.18. The van der Waals surface area contributed by atoms with E-state index in [1.54, 1.807) is 0 Å². The van der Waals surface area contributed by atoms with Crippen LogP contribution in [-0.4, -0.2) is 6.61 Å². The minimum absolute atomic E-state index is 0.490. The summed E-state index contributed by atoms with van der Waals surface area (Å²) < 4.78 is 11.3. The predicted molar refractivity (Wildman–Crippen MR) is 68.7 cm³/mol. The smallest absolute Gasteiger partial charge is 0.135 e. The lowest BCUT2D eigenvalue weighted by Crippen LogP contribution is -2.01. The van der Waals surface area contributed by atoms with E-state index in [1.807, 2.05) is 24.3 Å². The maximum absolute atomic E-state index is 5.78. The molecule has 2 aromatic rings. The standard InChI is InChI=1S/C14H19NO2/c1-2-3-8-16-10-14-12(9-15)11-6-4-5-7-13(11)17-14/h4-7H,2-3,8-10,15H2,1H3. The summed E-state index contributed by atoms with van der Waals surface area (Å²) in [6, 6.07) is 7.97. The molecular weight excluding hydrogens is 214 g/mol. The second kappa shape index (κ2) is 5.84. The highest BCUT2D eigenvalue weighted by atomic mass is 16.5. The van der Waals surface area contributed by atoms with Crippen LogP contribution in [0.3, 0.4) is 0 Å². The maximum atomic E-state index is 5.78. The van der Waals surface area contributed by atoms with Gasteiger partial charge in [-0.3, -0.25) is 0 Å². The number of benzene rings is 1. The second-order valence-corrected chi connectivity index (χ2v) is 4.11. The lowest BCUT2D eigenvalue weighted by molar-refractivity contribution is 0.104. The number of ether oxygens (including phenoxy) is 1. The highest BCUT2D eigenvalue weighted by molar-refractivity contribution is 5.82. The Balaban J connectivity index is 2.15. The molecule has 0 aliphatic heterocycles. The van der Waals surface area contributed by atoms with Crippen molar-refractivity contribution in [3.63, 3.8) is 0 Å². The average molecular weight is 233 g/mol. The van der Waals surface area contributed by atoms with Crippen molar-refractivity contribution in [1.29, 1.82) is 0 Å². The molecule has 0 amide bonds. The molecule has 1 heterocycles. The molecule has 0 bridgehead atoms. The summed E-state index contributed by atoms with van der Waals surface area (Å²) >= 11 is 0. The van der Waals surface area contributed by atoms with Gasteiger partial charge >= 0.3 is 0 Å². The van der Waals surface area contributed by atoms with E-state index >= 15 is 0 Å². The van der Waals surface area contributed by atoms with Crippen molar-refractivity contribution in [1.82, 2.24) is 0 Å². The van der Waals surface area contributed by atoms with E-state index in [-0.39, 0.29) is 0 Å². The van der Waals surface area contributed by atoms with Gasteiger partial charge in [-0.1, -0.05) is 31.5 Å². The zero-order valence-electron chi connectivity index (χ0n) is 10.2. The van der Waals surface area contributed by atoms with Gasteiger partial charge in [0.25, 0.3) is 0 Å². The fourth-order valence-corrected chi connectivity index (χ4v) is 1.90. The van der Waals surface area contributed by atoms with Crippen LogP contribution < -0.4 is 5.73 Å². The average Bonchev–Trinajstić information content (AvgIpc) is 2.72. The Hall–Kier alpha value is -1.32. The van der Waals surface area contributed by atoms with E-state index in [0.29, 0.717) is 13.2 Å². The van der Waals surface area contributed by atoms with E-state index in [2.05, 4.69) is 6.92 Å². The monoisotopic (exact) mass is 233 g/mol. The number of hydrogen-bond acceptors (Lipinski definition) is 3. The van der Waals surface area contributed by atoms with Gasteiger partial charge in [0.15, 0.2) is 0 Å². The number of unbranched alkanes of at least 4 members (excludes halogenated alkanes) is 1. The van der Waals surface area contributed by atoms with E-state index in [0.717, 1.165) is 41.7 Å². The third-order valence-corrected chi connectivity index (χ3v) is 2.86. The number of hydrogen-bond donors (Lipinski definition) is 1. The van der Waals surface area contributed by atoms with E-state index < -0.39 is 0 Å². The van der Waals surface area contributed by atoms with Crippen molar-refractivity contribution in [2.75, 3.05) is 6.61 Å². The van der Waals surface area contributed by atoms with Crippen molar-refractivity contribution >= 4 is 11.0 Å². The van der Waals surface area contributed by atoms with Crippen molar-refractivity contribution < 1.29 is 9.15 Å². The van der Waals surface area contributed by atoms with Crippen molar-refractivity contribution in [2.24, 2.45) is 5.73 Å². The number of furan rings is 1. The third kappa shape index (κ3) is 2.68. The number of fused-ring (bicyclic) bond motifs is 1. The van der Waals surface area contributed by atoms with Crippen LogP contribution in [0, 0.1) is 0 Å². The van der Waals surface area contributed by atoms with Gasteiger partial charge in [-0.05, 0) is 12.5 Å². The number of para-hydroxylation sites is 1. The number of rotatable bonds is 6. The first-order valence-corrected chi connectivity index (χ1v) is 6.14. The summed E-state index contributed by atoms with van der Waals surface area (Å²) in [5, 5.41) is 1.10. The fraction of sp³-hybridized carbons (Fsp3) is 0.429. The molecular formula is C14H19NO2. The topological polar surface area (TPSA) is 48.4 Å². The summed E-state index contributed by atoms with van der Waals surface area (Å²) in [6.45, 7) is 3.93. The molecule has 0 radical (unpaired) electrons. The van der Waals surface area contributed by atoms with Crippen molar-refractivity contribution in [2.45, 2.75) is 32.9 Å². The molecule has 92 valence electrons. The maximum Gasteiger partial charge on any atom is 0.135 e. The molecule has 0 atom stereocenters. The second-order valence-electron chi connectivity index (χ2n) is 4.11. The van der Waals surface area contributed by atoms with Gasteiger partial charge in [-0.15, -0.1) is 0 Å². The Bertz CT molecular complexity index is 476. The molecule has 2 N–H and O–H groups in total. The van der Waals surface area contributed by atoms with Gasteiger partial charge in [-0.25, -0.2) is 0 Å². The van der Waals surface area contributed by atoms with E-state index in [4.69, 9.17) is 14.9 Å². The number of nitrogens with two attached hydrogens (primary N) is 1. The highest BCUT2D eigenvalue weighted by Gasteiger charge is 2.11. The van der Waals surface area contributed by atoms with Gasteiger partial charge in [0.05, 0.1) is 0 Å². The van der Waals surface area contributed by atoms with Crippen LogP contribution in [0.5, 0.6) is 0 Å². The summed E-state index contributed by atoms with van der Waals surface area (Å²) in [5.41, 5.74) is 7.73. The zero-order chi connectivity index (χ0) is 12.1. The lowest BCUT2D eigenvalue weighted by Gasteiger charge is -2.02. The first kappa shape index (κ1) is 12.1. The Morgan fingerprint density at radius 1 is 1.29 bits per heavy atom. The van der Waals surface area contributed by atoms with Crippen LogP contribution in [0.4, 0.5) is 0 Å². The molecule has 0 aliphatic carbocycles.